The van der Waals surface area contributed by atoms with E-state index < -0.39 is 0 Å². The Bertz CT molecular complexity index is 630. The SMILES string of the molecule is Cc1csc(=O)n1CC(=O)OC1CC2CCC1(C)C2(C)C. The van der Waals surface area contributed by atoms with Gasteiger partial charge in [0, 0.05) is 16.5 Å². The summed E-state index contributed by atoms with van der Waals surface area (Å²) in [6, 6.07) is 0. The van der Waals surface area contributed by atoms with Crippen LogP contribution in [0.15, 0.2) is 10.2 Å². The van der Waals surface area contributed by atoms with Crippen molar-refractivity contribution in [3.8, 4) is 0 Å². The van der Waals surface area contributed by atoms with Crippen molar-refractivity contribution in [3.05, 3.63) is 20.7 Å². The molecule has 1 heterocycles. The summed E-state index contributed by atoms with van der Waals surface area (Å²) in [4.78, 5) is 23.8. The number of thiazole rings is 1. The zero-order valence-corrected chi connectivity index (χ0v) is 14.0. The highest BCUT2D eigenvalue weighted by molar-refractivity contribution is 7.07. The van der Waals surface area contributed by atoms with Gasteiger partial charge in [-0.05, 0) is 37.5 Å². The normalized spacial score (nSPS) is 33.3. The first-order chi connectivity index (χ1) is 9.75. The molecule has 0 spiro atoms. The van der Waals surface area contributed by atoms with Gasteiger partial charge >= 0.3 is 10.8 Å². The first kappa shape index (κ1) is 14.8. The van der Waals surface area contributed by atoms with Crippen LogP contribution >= 0.6 is 11.3 Å². The molecular formula is C16H23NO3S. The first-order valence-electron chi connectivity index (χ1n) is 7.60. The minimum absolute atomic E-state index is 0.00612. The number of carbonyl (C=O) groups excluding carboxylic acids is 1. The average molecular weight is 309 g/mol. The molecule has 2 fully saturated rings. The molecule has 2 aliphatic rings. The molecule has 0 aromatic carbocycles. The minimum atomic E-state index is -0.284. The van der Waals surface area contributed by atoms with Crippen LogP contribution in [0.4, 0.5) is 0 Å². The summed E-state index contributed by atoms with van der Waals surface area (Å²) in [6.45, 7) is 8.72. The number of aryl methyl sites for hydroxylation is 1. The van der Waals surface area contributed by atoms with Gasteiger partial charge in [0.15, 0.2) is 0 Å². The largest absolute Gasteiger partial charge is 0.460 e. The summed E-state index contributed by atoms with van der Waals surface area (Å²) in [6.07, 6.45) is 3.32. The molecule has 2 bridgehead atoms. The van der Waals surface area contributed by atoms with Gasteiger partial charge in [-0.2, -0.15) is 0 Å². The van der Waals surface area contributed by atoms with E-state index in [2.05, 4.69) is 20.8 Å². The Labute approximate surface area is 129 Å². The van der Waals surface area contributed by atoms with E-state index >= 15 is 0 Å². The van der Waals surface area contributed by atoms with Crippen molar-refractivity contribution in [2.45, 2.75) is 59.6 Å². The lowest BCUT2D eigenvalue weighted by Crippen LogP contribution is -2.39. The summed E-state index contributed by atoms with van der Waals surface area (Å²) in [5.74, 6) is 0.360. The Kier molecular flexibility index (Phi) is 3.32. The molecule has 21 heavy (non-hydrogen) atoms. The van der Waals surface area contributed by atoms with Gasteiger partial charge < -0.3 is 4.74 Å². The summed E-state index contributed by atoms with van der Waals surface area (Å²) < 4.78 is 7.27. The Morgan fingerprint density at radius 2 is 2.19 bits per heavy atom. The van der Waals surface area contributed by atoms with E-state index in [-0.39, 0.29) is 34.3 Å². The van der Waals surface area contributed by atoms with E-state index in [1.807, 2.05) is 6.92 Å². The van der Waals surface area contributed by atoms with Crippen molar-refractivity contribution >= 4 is 17.3 Å². The molecule has 3 atom stereocenters. The molecule has 1 aromatic heterocycles. The maximum atomic E-state index is 12.2. The van der Waals surface area contributed by atoms with Crippen LogP contribution in [0.5, 0.6) is 0 Å². The van der Waals surface area contributed by atoms with E-state index in [4.69, 9.17) is 4.74 Å². The quantitative estimate of drug-likeness (QED) is 0.807. The van der Waals surface area contributed by atoms with Crippen LogP contribution in [-0.4, -0.2) is 16.6 Å². The molecule has 3 rings (SSSR count). The monoisotopic (exact) mass is 309 g/mol. The number of ether oxygens (including phenoxy) is 1. The number of nitrogens with zero attached hydrogens (tertiary/aromatic N) is 1. The fraction of sp³-hybridized carbons (Fsp3) is 0.750. The molecule has 0 radical (unpaired) electrons. The number of aromatic nitrogens is 1. The van der Waals surface area contributed by atoms with Crippen LogP contribution < -0.4 is 4.87 Å². The highest BCUT2D eigenvalue weighted by atomic mass is 32.1. The van der Waals surface area contributed by atoms with E-state index in [1.54, 1.807) is 5.38 Å². The van der Waals surface area contributed by atoms with Gasteiger partial charge in [-0.25, -0.2) is 0 Å². The van der Waals surface area contributed by atoms with Gasteiger partial charge in [-0.15, -0.1) is 0 Å². The second-order valence-corrected chi connectivity index (χ2v) is 8.14. The van der Waals surface area contributed by atoms with E-state index in [1.165, 1.54) is 11.0 Å². The van der Waals surface area contributed by atoms with Crippen LogP contribution in [0.25, 0.3) is 0 Å². The van der Waals surface area contributed by atoms with Gasteiger partial charge in [0.2, 0.25) is 0 Å². The van der Waals surface area contributed by atoms with Crippen molar-refractivity contribution in [2.24, 2.45) is 16.7 Å². The molecule has 5 heteroatoms. The van der Waals surface area contributed by atoms with Crippen molar-refractivity contribution < 1.29 is 9.53 Å². The van der Waals surface area contributed by atoms with Crippen molar-refractivity contribution in [2.75, 3.05) is 0 Å². The van der Waals surface area contributed by atoms with Crippen LogP contribution in [0.3, 0.4) is 0 Å². The summed E-state index contributed by atoms with van der Waals surface area (Å²) in [5, 5.41) is 1.78. The van der Waals surface area contributed by atoms with Crippen LogP contribution in [0.2, 0.25) is 0 Å². The zero-order chi connectivity index (χ0) is 15.4. The lowest BCUT2D eigenvalue weighted by atomic mass is 9.70. The number of hydrogen-bond donors (Lipinski definition) is 0. The van der Waals surface area contributed by atoms with Crippen molar-refractivity contribution in [1.29, 1.82) is 0 Å². The summed E-state index contributed by atoms with van der Waals surface area (Å²) >= 11 is 1.13. The Morgan fingerprint density at radius 1 is 1.48 bits per heavy atom. The van der Waals surface area contributed by atoms with Crippen LogP contribution in [-0.2, 0) is 16.1 Å². The minimum Gasteiger partial charge on any atom is -0.460 e. The third-order valence-corrected chi connectivity index (χ3v) is 7.13. The molecule has 2 saturated carbocycles. The number of esters is 1. The summed E-state index contributed by atoms with van der Waals surface area (Å²) in [7, 11) is 0. The second kappa shape index (κ2) is 4.70. The smallest absolute Gasteiger partial charge is 0.326 e. The Morgan fingerprint density at radius 3 is 2.67 bits per heavy atom. The van der Waals surface area contributed by atoms with Crippen LogP contribution in [0.1, 0.15) is 45.7 Å². The lowest BCUT2D eigenvalue weighted by molar-refractivity contribution is -0.157. The van der Waals surface area contributed by atoms with E-state index in [0.29, 0.717) is 5.92 Å². The lowest BCUT2D eigenvalue weighted by Gasteiger charge is -2.38. The number of fused-ring (bicyclic) bond motifs is 2. The topological polar surface area (TPSA) is 48.3 Å². The van der Waals surface area contributed by atoms with Gasteiger partial charge in [-0.3, -0.25) is 14.2 Å². The fourth-order valence-corrected chi connectivity index (χ4v) is 4.96. The van der Waals surface area contributed by atoms with Gasteiger partial charge in [-0.1, -0.05) is 32.1 Å². The molecule has 0 N–H and O–H groups in total. The average Bonchev–Trinajstić information content (AvgIpc) is 2.89. The van der Waals surface area contributed by atoms with Gasteiger partial charge in [0.25, 0.3) is 0 Å². The molecule has 2 aliphatic carbocycles. The Balaban J connectivity index is 1.71. The van der Waals surface area contributed by atoms with E-state index in [9.17, 15) is 9.59 Å². The number of carbonyl (C=O) groups is 1. The number of rotatable bonds is 3. The van der Waals surface area contributed by atoms with Crippen molar-refractivity contribution in [3.63, 3.8) is 0 Å². The molecule has 3 unspecified atom stereocenters. The highest BCUT2D eigenvalue weighted by Gasteiger charge is 2.62. The van der Waals surface area contributed by atoms with E-state index in [0.717, 1.165) is 29.9 Å². The zero-order valence-electron chi connectivity index (χ0n) is 13.1. The molecule has 0 amide bonds. The van der Waals surface area contributed by atoms with Crippen LogP contribution in [0, 0.1) is 23.7 Å². The summed E-state index contributed by atoms with van der Waals surface area (Å²) in [5.41, 5.74) is 1.12. The predicted octanol–water partition coefficient (Wildman–Crippen LogP) is 2.98. The molecule has 116 valence electrons. The third kappa shape index (κ3) is 2.08. The molecular weight excluding hydrogens is 286 g/mol. The second-order valence-electron chi connectivity index (χ2n) is 7.32. The maximum absolute atomic E-state index is 12.2. The number of hydrogen-bond acceptors (Lipinski definition) is 4. The highest BCUT2D eigenvalue weighted by Crippen LogP contribution is 2.66. The standard InChI is InChI=1S/C16H23NO3S/c1-10-9-21-14(19)17(10)8-13(18)20-12-7-11-5-6-16(12,4)15(11,2)3/h9,11-12H,5-8H2,1-4H3. The van der Waals surface area contributed by atoms with Gasteiger partial charge in [0.05, 0.1) is 0 Å². The third-order valence-electron chi connectivity index (χ3n) is 6.25. The van der Waals surface area contributed by atoms with Crippen molar-refractivity contribution in [1.82, 2.24) is 4.57 Å². The van der Waals surface area contributed by atoms with Gasteiger partial charge in [0.1, 0.15) is 12.6 Å². The predicted molar refractivity (Wildman–Crippen MR) is 82.4 cm³/mol. The molecule has 0 aliphatic heterocycles. The Hall–Kier alpha value is -1.10. The fourth-order valence-electron chi connectivity index (χ4n) is 4.23. The molecule has 0 saturated heterocycles. The maximum Gasteiger partial charge on any atom is 0.326 e. The molecule has 1 aromatic rings. The first-order valence-corrected chi connectivity index (χ1v) is 8.48. The molecule has 4 nitrogen and oxygen atoms in total.